The van der Waals surface area contributed by atoms with Crippen molar-refractivity contribution in [3.63, 3.8) is 0 Å². The zero-order valence-electron chi connectivity index (χ0n) is 12.1. The highest BCUT2D eigenvalue weighted by Crippen LogP contribution is 2.17. The van der Waals surface area contributed by atoms with E-state index in [1.54, 1.807) is 0 Å². The molecule has 1 rings (SSSR count). The Bertz CT molecular complexity index is 220. The molecule has 0 heterocycles. The van der Waals surface area contributed by atoms with E-state index >= 15 is 0 Å². The molecule has 2 nitrogen and oxygen atoms in total. The first-order chi connectivity index (χ1) is 8.83. The smallest absolute Gasteiger partial charge is 0.0666 e. The molecule has 18 heavy (non-hydrogen) atoms. The van der Waals surface area contributed by atoms with Gasteiger partial charge in [-0.25, -0.2) is 0 Å². The lowest BCUT2D eigenvalue weighted by molar-refractivity contribution is 0.394. The molecular formula is C16H30N2. The van der Waals surface area contributed by atoms with Crippen LogP contribution in [-0.2, 0) is 0 Å². The molecule has 0 bridgehead atoms. The normalized spacial score (nSPS) is 22.4. The summed E-state index contributed by atoms with van der Waals surface area (Å²) in [7, 11) is 0. The van der Waals surface area contributed by atoms with Crippen LogP contribution in [0.3, 0.4) is 0 Å². The molecule has 1 N–H and O–H groups in total. The molecule has 0 amide bonds. The quantitative estimate of drug-likeness (QED) is 0.805. The Hall–Kier alpha value is -0.550. The van der Waals surface area contributed by atoms with Gasteiger partial charge in [-0.3, -0.25) is 0 Å². The minimum Gasteiger partial charge on any atom is -0.313 e. The van der Waals surface area contributed by atoms with Gasteiger partial charge in [-0.2, -0.15) is 5.26 Å². The number of hydrogen-bond donors (Lipinski definition) is 1. The third-order valence-corrected chi connectivity index (χ3v) is 4.04. The van der Waals surface area contributed by atoms with Crippen LogP contribution in [0.25, 0.3) is 0 Å². The van der Waals surface area contributed by atoms with E-state index in [2.05, 4.69) is 11.4 Å². The van der Waals surface area contributed by atoms with Crippen LogP contribution in [0.15, 0.2) is 0 Å². The molecule has 0 spiro atoms. The fourth-order valence-electron chi connectivity index (χ4n) is 2.76. The van der Waals surface area contributed by atoms with E-state index in [1.807, 2.05) is 6.92 Å². The summed E-state index contributed by atoms with van der Waals surface area (Å²) in [5, 5.41) is 12.4. The van der Waals surface area contributed by atoms with Gasteiger partial charge in [-0.1, -0.05) is 57.8 Å². The number of hydrogen-bond acceptors (Lipinski definition) is 2. The largest absolute Gasteiger partial charge is 0.313 e. The van der Waals surface area contributed by atoms with Crippen LogP contribution < -0.4 is 5.32 Å². The molecule has 104 valence electrons. The maximum Gasteiger partial charge on any atom is 0.0666 e. The van der Waals surface area contributed by atoms with Crippen LogP contribution in [0.5, 0.6) is 0 Å². The van der Waals surface area contributed by atoms with E-state index < -0.39 is 0 Å². The standard InChI is InChI=1S/C16H30N2/c1-15(13-17)14-18-16-11-9-7-5-3-2-4-6-8-10-12-16/h15-16,18H,2-12,14H2,1H3. The summed E-state index contributed by atoms with van der Waals surface area (Å²) in [6.45, 7) is 2.86. The van der Waals surface area contributed by atoms with Gasteiger partial charge in [-0.15, -0.1) is 0 Å². The van der Waals surface area contributed by atoms with Crippen molar-refractivity contribution < 1.29 is 0 Å². The van der Waals surface area contributed by atoms with Crippen LogP contribution >= 0.6 is 0 Å². The van der Waals surface area contributed by atoms with Crippen LogP contribution in [0.2, 0.25) is 0 Å². The molecule has 1 aliphatic rings. The zero-order chi connectivity index (χ0) is 13.1. The zero-order valence-corrected chi connectivity index (χ0v) is 12.1. The molecule has 2 heteroatoms. The number of rotatable bonds is 3. The van der Waals surface area contributed by atoms with Crippen LogP contribution in [0.1, 0.15) is 77.6 Å². The monoisotopic (exact) mass is 250 g/mol. The van der Waals surface area contributed by atoms with Crippen LogP contribution in [-0.4, -0.2) is 12.6 Å². The third kappa shape index (κ3) is 7.71. The molecule has 1 saturated carbocycles. The lowest BCUT2D eigenvalue weighted by atomic mass is 9.97. The summed E-state index contributed by atoms with van der Waals surface area (Å²) < 4.78 is 0. The average Bonchev–Trinajstić information content (AvgIpc) is 2.37. The Balaban J connectivity index is 2.25. The highest BCUT2D eigenvalue weighted by molar-refractivity contribution is 4.81. The number of nitrogens with zero attached hydrogens (tertiary/aromatic N) is 1. The topological polar surface area (TPSA) is 35.8 Å². The Labute approximate surface area is 113 Å². The maximum atomic E-state index is 8.83. The van der Waals surface area contributed by atoms with Crippen molar-refractivity contribution in [3.8, 4) is 6.07 Å². The molecule has 0 aliphatic heterocycles. The van der Waals surface area contributed by atoms with Crippen molar-refractivity contribution in [1.29, 1.82) is 5.26 Å². The van der Waals surface area contributed by atoms with Crippen molar-refractivity contribution in [3.05, 3.63) is 0 Å². The van der Waals surface area contributed by atoms with Gasteiger partial charge in [0.1, 0.15) is 0 Å². The second-order valence-electron chi connectivity index (χ2n) is 5.89. The molecule has 1 atom stereocenters. The van der Waals surface area contributed by atoms with Crippen molar-refractivity contribution in [1.82, 2.24) is 5.32 Å². The Morgan fingerprint density at radius 2 is 1.39 bits per heavy atom. The molecule has 0 radical (unpaired) electrons. The van der Waals surface area contributed by atoms with Gasteiger partial charge in [0.15, 0.2) is 0 Å². The van der Waals surface area contributed by atoms with Crippen molar-refractivity contribution in [2.24, 2.45) is 5.92 Å². The summed E-state index contributed by atoms with van der Waals surface area (Å²) in [5.74, 6) is 0.145. The van der Waals surface area contributed by atoms with Gasteiger partial charge in [0.2, 0.25) is 0 Å². The molecule has 0 aromatic heterocycles. The third-order valence-electron chi connectivity index (χ3n) is 4.04. The van der Waals surface area contributed by atoms with Gasteiger partial charge in [0, 0.05) is 12.6 Å². The number of nitriles is 1. The second-order valence-corrected chi connectivity index (χ2v) is 5.89. The fourth-order valence-corrected chi connectivity index (χ4v) is 2.76. The lowest BCUT2D eigenvalue weighted by Crippen LogP contribution is -2.32. The second kappa shape index (κ2) is 10.4. The minimum atomic E-state index is 0.145. The molecule has 0 aromatic carbocycles. The predicted octanol–water partition coefficient (Wildman–Crippen LogP) is 4.41. The van der Waals surface area contributed by atoms with Crippen molar-refractivity contribution in [2.75, 3.05) is 6.54 Å². The first-order valence-corrected chi connectivity index (χ1v) is 7.96. The van der Waals surface area contributed by atoms with Gasteiger partial charge in [0.25, 0.3) is 0 Å². The average molecular weight is 250 g/mol. The highest BCUT2D eigenvalue weighted by atomic mass is 14.9. The van der Waals surface area contributed by atoms with Crippen molar-refractivity contribution >= 4 is 0 Å². The SMILES string of the molecule is CC(C#N)CNC1CCCCCCCCCCC1. The van der Waals surface area contributed by atoms with Gasteiger partial charge >= 0.3 is 0 Å². The first-order valence-electron chi connectivity index (χ1n) is 7.96. The highest BCUT2D eigenvalue weighted by Gasteiger charge is 2.10. The molecule has 0 saturated heterocycles. The molecule has 1 fully saturated rings. The van der Waals surface area contributed by atoms with E-state index in [9.17, 15) is 0 Å². The summed E-state index contributed by atoms with van der Waals surface area (Å²) >= 11 is 0. The van der Waals surface area contributed by atoms with Crippen molar-refractivity contribution in [2.45, 2.75) is 83.6 Å². The van der Waals surface area contributed by atoms with Crippen LogP contribution in [0.4, 0.5) is 0 Å². The molecule has 1 unspecified atom stereocenters. The van der Waals surface area contributed by atoms with Crippen LogP contribution in [0, 0.1) is 17.2 Å². The fraction of sp³-hybridized carbons (Fsp3) is 0.938. The van der Waals surface area contributed by atoms with E-state index in [-0.39, 0.29) is 5.92 Å². The number of nitrogens with one attached hydrogen (secondary N) is 1. The minimum absolute atomic E-state index is 0.145. The summed E-state index contributed by atoms with van der Waals surface area (Å²) in [4.78, 5) is 0. The summed E-state index contributed by atoms with van der Waals surface area (Å²) in [6.07, 6.45) is 15.3. The van der Waals surface area contributed by atoms with E-state index in [0.717, 1.165) is 6.54 Å². The predicted molar refractivity (Wildman–Crippen MR) is 77.4 cm³/mol. The van der Waals surface area contributed by atoms with Gasteiger partial charge < -0.3 is 5.32 Å². The maximum absolute atomic E-state index is 8.83. The van der Waals surface area contributed by atoms with E-state index in [0.29, 0.717) is 6.04 Å². The lowest BCUT2D eigenvalue weighted by Gasteiger charge is -2.20. The van der Waals surface area contributed by atoms with Gasteiger partial charge in [0.05, 0.1) is 12.0 Å². The first kappa shape index (κ1) is 15.5. The summed E-state index contributed by atoms with van der Waals surface area (Å²) in [6, 6.07) is 2.96. The Morgan fingerprint density at radius 1 is 0.944 bits per heavy atom. The van der Waals surface area contributed by atoms with E-state index in [4.69, 9.17) is 5.26 Å². The summed E-state index contributed by atoms with van der Waals surface area (Å²) in [5.41, 5.74) is 0. The molecule has 1 aliphatic carbocycles. The van der Waals surface area contributed by atoms with E-state index in [1.165, 1.54) is 70.6 Å². The van der Waals surface area contributed by atoms with Gasteiger partial charge in [-0.05, 0) is 19.8 Å². The Kier molecular flexibility index (Phi) is 8.94. The Morgan fingerprint density at radius 3 is 1.83 bits per heavy atom. The molecule has 0 aromatic rings. The molecular weight excluding hydrogens is 220 g/mol.